The Balaban J connectivity index is 1.50. The van der Waals surface area contributed by atoms with E-state index in [0.717, 1.165) is 22.0 Å². The van der Waals surface area contributed by atoms with E-state index < -0.39 is 5.97 Å². The summed E-state index contributed by atoms with van der Waals surface area (Å²) in [7, 11) is 0. The van der Waals surface area contributed by atoms with Crippen LogP contribution in [0.4, 0.5) is 0 Å². The van der Waals surface area contributed by atoms with E-state index in [9.17, 15) is 4.79 Å². The van der Waals surface area contributed by atoms with Gasteiger partial charge in [0.05, 0.1) is 16.3 Å². The Morgan fingerprint density at radius 3 is 2.68 bits per heavy atom. The molecule has 0 spiro atoms. The highest BCUT2D eigenvalue weighted by Crippen LogP contribution is 2.26. The fraction of sp³-hybridized carbons (Fsp3) is 0.158. The standard InChI is InChI=1S/C19H18N2O3S/c22-19(23)18-10-9-17(25-18)16-8-4-5-14(21-16)13-20-11-12-24-15-6-2-1-3-7-15/h1-10,20H,11-13H2,(H,22,23). The van der Waals surface area contributed by atoms with Crippen LogP contribution < -0.4 is 10.1 Å². The smallest absolute Gasteiger partial charge is 0.345 e. The Labute approximate surface area is 149 Å². The first-order valence-corrected chi connectivity index (χ1v) is 8.72. The highest BCUT2D eigenvalue weighted by Gasteiger charge is 2.09. The number of thiophene rings is 1. The van der Waals surface area contributed by atoms with Gasteiger partial charge in [-0.05, 0) is 36.4 Å². The second kappa shape index (κ2) is 8.41. The minimum atomic E-state index is -0.910. The molecule has 128 valence electrons. The maximum Gasteiger partial charge on any atom is 0.345 e. The van der Waals surface area contributed by atoms with Gasteiger partial charge in [-0.25, -0.2) is 4.79 Å². The number of benzene rings is 1. The summed E-state index contributed by atoms with van der Waals surface area (Å²) in [4.78, 5) is 16.7. The summed E-state index contributed by atoms with van der Waals surface area (Å²) in [5.74, 6) is -0.0520. The number of carboxylic acids is 1. The second-order valence-electron chi connectivity index (χ2n) is 5.32. The summed E-state index contributed by atoms with van der Waals surface area (Å²) in [6.45, 7) is 1.92. The molecule has 0 amide bonds. The molecule has 0 bridgehead atoms. The van der Waals surface area contributed by atoms with Crippen molar-refractivity contribution in [3.63, 3.8) is 0 Å². The summed E-state index contributed by atoms with van der Waals surface area (Å²) < 4.78 is 5.63. The third-order valence-electron chi connectivity index (χ3n) is 3.47. The van der Waals surface area contributed by atoms with Crippen molar-refractivity contribution in [2.75, 3.05) is 13.2 Å². The summed E-state index contributed by atoms with van der Waals surface area (Å²) >= 11 is 1.23. The van der Waals surface area contributed by atoms with E-state index >= 15 is 0 Å². The normalized spacial score (nSPS) is 10.6. The molecule has 0 saturated carbocycles. The van der Waals surface area contributed by atoms with Gasteiger partial charge in [0.25, 0.3) is 0 Å². The molecule has 0 aliphatic carbocycles. The van der Waals surface area contributed by atoms with Crippen molar-refractivity contribution < 1.29 is 14.6 Å². The van der Waals surface area contributed by atoms with Gasteiger partial charge in [-0.3, -0.25) is 4.98 Å². The molecule has 2 aromatic heterocycles. The van der Waals surface area contributed by atoms with Gasteiger partial charge in [0.2, 0.25) is 0 Å². The summed E-state index contributed by atoms with van der Waals surface area (Å²) in [6, 6.07) is 18.9. The van der Waals surface area contributed by atoms with Crippen LogP contribution in [0.2, 0.25) is 0 Å². The van der Waals surface area contributed by atoms with E-state index in [0.29, 0.717) is 24.6 Å². The molecule has 2 heterocycles. The van der Waals surface area contributed by atoms with Crippen molar-refractivity contribution in [1.29, 1.82) is 0 Å². The van der Waals surface area contributed by atoms with E-state index in [2.05, 4.69) is 10.3 Å². The number of para-hydroxylation sites is 1. The second-order valence-corrected chi connectivity index (χ2v) is 6.41. The Morgan fingerprint density at radius 2 is 1.92 bits per heavy atom. The number of carboxylic acid groups (broad SMARTS) is 1. The number of aromatic nitrogens is 1. The highest BCUT2D eigenvalue weighted by atomic mass is 32.1. The number of hydrogen-bond acceptors (Lipinski definition) is 5. The first-order chi connectivity index (χ1) is 12.2. The van der Waals surface area contributed by atoms with Crippen LogP contribution in [0.5, 0.6) is 5.75 Å². The summed E-state index contributed by atoms with van der Waals surface area (Å²) in [6.07, 6.45) is 0. The first-order valence-electron chi connectivity index (χ1n) is 7.90. The van der Waals surface area contributed by atoms with Crippen LogP contribution in [0.15, 0.2) is 60.7 Å². The van der Waals surface area contributed by atoms with E-state index in [1.165, 1.54) is 11.3 Å². The van der Waals surface area contributed by atoms with Crippen molar-refractivity contribution in [3.05, 3.63) is 71.2 Å². The van der Waals surface area contributed by atoms with E-state index in [-0.39, 0.29) is 0 Å². The first kappa shape index (κ1) is 17.1. The monoisotopic (exact) mass is 354 g/mol. The van der Waals surface area contributed by atoms with Crippen LogP contribution >= 0.6 is 11.3 Å². The average molecular weight is 354 g/mol. The third-order valence-corrected chi connectivity index (χ3v) is 4.57. The topological polar surface area (TPSA) is 71.5 Å². The molecule has 1 aromatic carbocycles. The number of nitrogens with one attached hydrogen (secondary N) is 1. The zero-order valence-electron chi connectivity index (χ0n) is 13.5. The quantitative estimate of drug-likeness (QED) is 0.604. The minimum Gasteiger partial charge on any atom is -0.492 e. The minimum absolute atomic E-state index is 0.318. The van der Waals surface area contributed by atoms with Gasteiger partial charge in [0.15, 0.2) is 0 Å². The SMILES string of the molecule is O=C(O)c1ccc(-c2cccc(CNCCOc3ccccc3)n2)s1. The number of ether oxygens (including phenoxy) is 1. The Kier molecular flexibility index (Phi) is 5.77. The van der Waals surface area contributed by atoms with Crippen molar-refractivity contribution >= 4 is 17.3 Å². The fourth-order valence-electron chi connectivity index (χ4n) is 2.28. The molecule has 3 aromatic rings. The van der Waals surface area contributed by atoms with Crippen LogP contribution in [0, 0.1) is 0 Å². The van der Waals surface area contributed by atoms with Gasteiger partial charge in [-0.1, -0.05) is 24.3 Å². The van der Waals surface area contributed by atoms with Gasteiger partial charge in [0.1, 0.15) is 17.2 Å². The Hall–Kier alpha value is -2.70. The molecule has 0 saturated heterocycles. The number of hydrogen-bond donors (Lipinski definition) is 2. The lowest BCUT2D eigenvalue weighted by Crippen LogP contribution is -2.21. The van der Waals surface area contributed by atoms with Crippen LogP contribution in [0.1, 0.15) is 15.4 Å². The lowest BCUT2D eigenvalue weighted by Gasteiger charge is -2.08. The predicted molar refractivity (Wildman–Crippen MR) is 98.2 cm³/mol. The van der Waals surface area contributed by atoms with Crippen molar-refractivity contribution in [2.45, 2.75) is 6.54 Å². The number of nitrogens with zero attached hydrogens (tertiary/aromatic N) is 1. The zero-order chi connectivity index (χ0) is 17.5. The maximum atomic E-state index is 11.0. The van der Waals surface area contributed by atoms with Gasteiger partial charge < -0.3 is 15.2 Å². The molecule has 3 rings (SSSR count). The molecule has 2 N–H and O–H groups in total. The molecule has 0 radical (unpaired) electrons. The van der Waals surface area contributed by atoms with Crippen molar-refractivity contribution in [1.82, 2.24) is 10.3 Å². The number of carbonyl (C=O) groups is 1. The molecular weight excluding hydrogens is 336 g/mol. The molecule has 0 atom stereocenters. The molecule has 0 aliphatic rings. The largest absolute Gasteiger partial charge is 0.492 e. The molecule has 25 heavy (non-hydrogen) atoms. The average Bonchev–Trinajstić information content (AvgIpc) is 3.13. The summed E-state index contributed by atoms with van der Waals surface area (Å²) in [5.41, 5.74) is 1.69. The molecular formula is C19H18N2O3S. The van der Waals surface area contributed by atoms with E-state index in [1.807, 2.05) is 48.5 Å². The number of aromatic carboxylic acids is 1. The van der Waals surface area contributed by atoms with Crippen LogP contribution in [0.25, 0.3) is 10.6 Å². The van der Waals surface area contributed by atoms with Gasteiger partial charge >= 0.3 is 5.97 Å². The van der Waals surface area contributed by atoms with Crippen LogP contribution in [0.3, 0.4) is 0 Å². The maximum absolute atomic E-state index is 11.0. The van der Waals surface area contributed by atoms with Crippen molar-refractivity contribution in [3.8, 4) is 16.3 Å². The summed E-state index contributed by atoms with van der Waals surface area (Å²) in [5, 5.41) is 12.3. The van der Waals surface area contributed by atoms with Gasteiger partial charge in [-0.15, -0.1) is 11.3 Å². The highest BCUT2D eigenvalue weighted by molar-refractivity contribution is 7.17. The van der Waals surface area contributed by atoms with Crippen molar-refractivity contribution in [2.24, 2.45) is 0 Å². The molecule has 0 unspecified atom stereocenters. The Morgan fingerprint density at radius 1 is 1.08 bits per heavy atom. The lowest BCUT2D eigenvalue weighted by molar-refractivity contribution is 0.0702. The van der Waals surface area contributed by atoms with Gasteiger partial charge in [0, 0.05) is 13.1 Å². The van der Waals surface area contributed by atoms with E-state index in [1.54, 1.807) is 12.1 Å². The molecule has 6 heteroatoms. The molecule has 0 aliphatic heterocycles. The number of pyridine rings is 1. The number of rotatable bonds is 8. The van der Waals surface area contributed by atoms with Crippen LogP contribution in [-0.4, -0.2) is 29.2 Å². The fourth-order valence-corrected chi connectivity index (χ4v) is 3.09. The Bertz CT molecular complexity index is 833. The molecule has 0 fully saturated rings. The zero-order valence-corrected chi connectivity index (χ0v) is 14.3. The predicted octanol–water partition coefficient (Wildman–Crippen LogP) is 3.68. The van der Waals surface area contributed by atoms with Crippen LogP contribution in [-0.2, 0) is 6.54 Å². The lowest BCUT2D eigenvalue weighted by atomic mass is 10.2. The third kappa shape index (κ3) is 4.89. The van der Waals surface area contributed by atoms with E-state index in [4.69, 9.17) is 9.84 Å². The van der Waals surface area contributed by atoms with Gasteiger partial charge in [-0.2, -0.15) is 0 Å². The molecule has 5 nitrogen and oxygen atoms in total.